The van der Waals surface area contributed by atoms with Crippen molar-refractivity contribution in [2.45, 2.75) is 19.4 Å². The van der Waals surface area contributed by atoms with E-state index in [4.69, 9.17) is 14.6 Å². The Morgan fingerprint density at radius 3 is 2.30 bits per heavy atom. The minimum absolute atomic E-state index is 0.216. The van der Waals surface area contributed by atoms with Crippen LogP contribution in [0.15, 0.2) is 73.6 Å². The van der Waals surface area contributed by atoms with Gasteiger partial charge in [-0.15, -0.1) is 0 Å². The van der Waals surface area contributed by atoms with E-state index >= 15 is 0 Å². The summed E-state index contributed by atoms with van der Waals surface area (Å²) in [7, 11) is 0. The van der Waals surface area contributed by atoms with Gasteiger partial charge in [0.2, 0.25) is 0 Å². The van der Waals surface area contributed by atoms with Crippen LogP contribution in [0.4, 0.5) is 0 Å². The lowest BCUT2D eigenvalue weighted by molar-refractivity contribution is -0.115. The van der Waals surface area contributed by atoms with E-state index in [-0.39, 0.29) is 29.2 Å². The average Bonchev–Trinajstić information content (AvgIpc) is 3.53. The Balaban J connectivity index is 1.41. The van der Waals surface area contributed by atoms with Gasteiger partial charge in [-0.05, 0) is 105 Å². The van der Waals surface area contributed by atoms with Crippen LogP contribution in [0.3, 0.4) is 0 Å². The van der Waals surface area contributed by atoms with E-state index in [1.165, 1.54) is 17.8 Å². The number of halogens is 2. The third-order valence-electron chi connectivity index (χ3n) is 5.76. The lowest BCUT2D eigenvalue weighted by Crippen LogP contribution is -2.24. The fourth-order valence-corrected chi connectivity index (χ4v) is 5.79. The maximum atomic E-state index is 11.9. The Kier molecular flexibility index (Phi) is 7.45. The van der Waals surface area contributed by atoms with Crippen molar-refractivity contribution in [3.05, 3.63) is 74.7 Å². The highest BCUT2D eigenvalue weighted by atomic mass is 79.9. The Morgan fingerprint density at radius 1 is 1.03 bits per heavy atom. The van der Waals surface area contributed by atoms with Gasteiger partial charge in [-0.25, -0.2) is 5.01 Å². The molecule has 2 heterocycles. The molecule has 0 saturated heterocycles. The van der Waals surface area contributed by atoms with Gasteiger partial charge < -0.3 is 19.7 Å². The van der Waals surface area contributed by atoms with Gasteiger partial charge in [0.1, 0.15) is 17.2 Å². The Hall–Kier alpha value is -3.02. The lowest BCUT2D eigenvalue weighted by Gasteiger charge is -2.24. The first-order valence-electron chi connectivity index (χ1n) is 11.4. The summed E-state index contributed by atoms with van der Waals surface area (Å²) < 4.78 is 12.4. The van der Waals surface area contributed by atoms with Crippen LogP contribution >= 0.6 is 43.6 Å². The molecule has 0 saturated carbocycles. The summed E-state index contributed by atoms with van der Waals surface area (Å²) in [5.74, 6) is 1.69. The third-order valence-corrected chi connectivity index (χ3v) is 8.84. The zero-order valence-corrected chi connectivity index (χ0v) is 23.5. The predicted octanol–water partition coefficient (Wildman–Crippen LogP) is 6.59. The standard InChI is InChI=1S/C26H21Br2N3O5S/c1-2-35-15-7-9-17(10-8-15)36-16-5-3-14(4-6-16)19-12-20(31(30-19)26-29-22(33)13-37-26)18-11-21(32)25(34)24(28)23(18)27/h3-11,20,32,34H,2,12-13H2,1H3. The summed E-state index contributed by atoms with van der Waals surface area (Å²) in [6.07, 6.45) is 0.488. The molecule has 0 aliphatic carbocycles. The number of phenolic OH excluding ortho intramolecular Hbond substituents is 2. The second-order valence-electron chi connectivity index (χ2n) is 8.18. The number of ether oxygens (including phenoxy) is 2. The number of hydrogen-bond donors (Lipinski definition) is 2. The maximum Gasteiger partial charge on any atom is 0.258 e. The molecule has 0 bridgehead atoms. The first-order valence-corrected chi connectivity index (χ1v) is 13.9. The van der Waals surface area contributed by atoms with Crippen LogP contribution in [-0.4, -0.2) is 44.4 Å². The fraction of sp³-hybridized carbons (Fsp3) is 0.192. The number of hydrogen-bond acceptors (Lipinski definition) is 8. The van der Waals surface area contributed by atoms with Crippen LogP contribution in [0.25, 0.3) is 0 Å². The molecule has 37 heavy (non-hydrogen) atoms. The van der Waals surface area contributed by atoms with Gasteiger partial charge in [0, 0.05) is 10.9 Å². The molecule has 3 aromatic rings. The number of rotatable bonds is 6. The first kappa shape index (κ1) is 25.6. The van der Waals surface area contributed by atoms with Crippen molar-refractivity contribution in [2.75, 3.05) is 12.4 Å². The monoisotopic (exact) mass is 645 g/mol. The number of aromatic hydroxyl groups is 2. The van der Waals surface area contributed by atoms with Crippen LogP contribution in [0.1, 0.15) is 30.5 Å². The van der Waals surface area contributed by atoms with Crippen LogP contribution in [-0.2, 0) is 4.79 Å². The SMILES string of the molecule is CCOc1ccc(Oc2ccc(C3=NN(C4=NC(=O)CS4)C(c4cc(O)c(O)c(Br)c4Br)C3)cc2)cc1. The summed E-state index contributed by atoms with van der Waals surface area (Å²) >= 11 is 8.16. The number of aliphatic imine (C=N–C) groups is 1. The van der Waals surface area contributed by atoms with Gasteiger partial charge in [0.25, 0.3) is 5.91 Å². The van der Waals surface area contributed by atoms with E-state index in [1.807, 2.05) is 55.5 Å². The molecule has 8 nitrogen and oxygen atoms in total. The molecule has 0 aromatic heterocycles. The van der Waals surface area contributed by atoms with Crippen molar-refractivity contribution in [2.24, 2.45) is 10.1 Å². The van der Waals surface area contributed by atoms with Gasteiger partial charge in [-0.3, -0.25) is 4.79 Å². The number of phenols is 2. The number of carbonyl (C=O) groups is 1. The highest BCUT2D eigenvalue weighted by Crippen LogP contribution is 2.47. The fourth-order valence-electron chi connectivity index (χ4n) is 4.01. The number of amides is 1. The Bertz CT molecular complexity index is 1410. The molecule has 0 radical (unpaired) electrons. The van der Waals surface area contributed by atoms with E-state index in [9.17, 15) is 15.0 Å². The number of hydrazone groups is 1. The average molecular weight is 647 g/mol. The predicted molar refractivity (Wildman–Crippen MR) is 150 cm³/mol. The number of nitrogens with zero attached hydrogens (tertiary/aromatic N) is 3. The quantitative estimate of drug-likeness (QED) is 0.291. The Labute approximate surface area is 234 Å². The Morgan fingerprint density at radius 2 is 1.68 bits per heavy atom. The number of carbonyl (C=O) groups excluding carboxylic acids is 1. The topological polar surface area (TPSA) is 104 Å². The molecule has 1 unspecified atom stereocenters. The highest BCUT2D eigenvalue weighted by molar-refractivity contribution is 9.13. The normalized spacial score (nSPS) is 17.1. The summed E-state index contributed by atoms with van der Waals surface area (Å²) in [6.45, 7) is 2.54. The van der Waals surface area contributed by atoms with Gasteiger partial charge in [-0.2, -0.15) is 10.1 Å². The molecule has 1 amide bonds. The summed E-state index contributed by atoms with van der Waals surface area (Å²) in [6, 6.07) is 16.2. The molecule has 11 heteroatoms. The molecule has 5 rings (SSSR count). The van der Waals surface area contributed by atoms with E-state index in [0.29, 0.717) is 44.2 Å². The molecular formula is C26H21Br2N3O5S. The minimum Gasteiger partial charge on any atom is -0.504 e. The van der Waals surface area contributed by atoms with Crippen LogP contribution in [0.5, 0.6) is 28.7 Å². The van der Waals surface area contributed by atoms with Crippen molar-refractivity contribution in [3.63, 3.8) is 0 Å². The van der Waals surface area contributed by atoms with Crippen molar-refractivity contribution >= 4 is 60.4 Å². The molecular weight excluding hydrogens is 626 g/mol. The zero-order chi connectivity index (χ0) is 26.1. The highest BCUT2D eigenvalue weighted by Gasteiger charge is 2.36. The maximum absolute atomic E-state index is 11.9. The van der Waals surface area contributed by atoms with Crippen molar-refractivity contribution in [1.29, 1.82) is 0 Å². The van der Waals surface area contributed by atoms with Crippen molar-refractivity contribution in [3.8, 4) is 28.7 Å². The molecule has 0 fully saturated rings. The smallest absolute Gasteiger partial charge is 0.258 e. The first-order chi connectivity index (χ1) is 17.8. The second-order valence-corrected chi connectivity index (χ2v) is 10.7. The lowest BCUT2D eigenvalue weighted by atomic mass is 9.98. The summed E-state index contributed by atoms with van der Waals surface area (Å²) in [5, 5.41) is 27.4. The molecule has 1 atom stereocenters. The van der Waals surface area contributed by atoms with E-state index < -0.39 is 0 Å². The molecule has 3 aromatic carbocycles. The van der Waals surface area contributed by atoms with Crippen molar-refractivity contribution < 1.29 is 24.5 Å². The molecule has 190 valence electrons. The zero-order valence-electron chi connectivity index (χ0n) is 19.5. The number of amidine groups is 1. The molecule has 2 N–H and O–H groups in total. The third kappa shape index (κ3) is 5.34. The van der Waals surface area contributed by atoms with E-state index in [0.717, 1.165) is 17.0 Å². The second kappa shape index (κ2) is 10.8. The number of thioether (sulfide) groups is 1. The van der Waals surface area contributed by atoms with E-state index in [1.54, 1.807) is 5.01 Å². The summed E-state index contributed by atoms with van der Waals surface area (Å²) in [5.41, 5.74) is 2.37. The molecule has 2 aliphatic rings. The van der Waals surface area contributed by atoms with Gasteiger partial charge >= 0.3 is 0 Å². The van der Waals surface area contributed by atoms with Crippen LogP contribution in [0.2, 0.25) is 0 Å². The van der Waals surface area contributed by atoms with E-state index in [2.05, 4.69) is 36.9 Å². The molecule has 2 aliphatic heterocycles. The minimum atomic E-state index is -0.357. The largest absolute Gasteiger partial charge is 0.504 e. The van der Waals surface area contributed by atoms with Crippen LogP contribution in [0, 0.1) is 0 Å². The van der Waals surface area contributed by atoms with Gasteiger partial charge in [-0.1, -0.05) is 11.8 Å². The number of benzene rings is 3. The van der Waals surface area contributed by atoms with Crippen LogP contribution < -0.4 is 9.47 Å². The summed E-state index contributed by atoms with van der Waals surface area (Å²) in [4.78, 5) is 16.0. The van der Waals surface area contributed by atoms with Gasteiger partial charge in [0.05, 0.1) is 28.6 Å². The van der Waals surface area contributed by atoms with Gasteiger partial charge in [0.15, 0.2) is 16.7 Å². The van der Waals surface area contributed by atoms with Crippen molar-refractivity contribution in [1.82, 2.24) is 5.01 Å². The molecule has 0 spiro atoms.